The van der Waals surface area contributed by atoms with Crippen molar-refractivity contribution in [3.63, 3.8) is 0 Å². The van der Waals surface area contributed by atoms with Gasteiger partial charge in [-0.15, -0.1) is 11.3 Å². The molecule has 0 spiro atoms. The topological polar surface area (TPSA) is 4.93 Å². The summed E-state index contributed by atoms with van der Waals surface area (Å²) in [7, 11) is 0. The van der Waals surface area contributed by atoms with E-state index in [0.29, 0.717) is 0 Å². The number of hydrogen-bond acceptors (Lipinski definition) is 1. The summed E-state index contributed by atoms with van der Waals surface area (Å²) in [6, 6.07) is 68.6. The average molecular weight is 654 g/mol. The molecule has 0 fully saturated rings. The highest BCUT2D eigenvalue weighted by molar-refractivity contribution is 7.26. The molecule has 0 N–H and O–H groups in total. The Morgan fingerprint density at radius 2 is 0.820 bits per heavy atom. The Labute approximate surface area is 295 Å². The molecule has 0 radical (unpaired) electrons. The van der Waals surface area contributed by atoms with E-state index in [0.717, 1.165) is 5.69 Å². The molecule has 0 aliphatic rings. The van der Waals surface area contributed by atoms with E-state index in [1.54, 1.807) is 0 Å². The van der Waals surface area contributed by atoms with Gasteiger partial charge in [-0.2, -0.15) is 0 Å². The van der Waals surface area contributed by atoms with Gasteiger partial charge in [-0.05, 0) is 87.0 Å². The van der Waals surface area contributed by atoms with Crippen LogP contribution < -0.4 is 0 Å². The van der Waals surface area contributed by atoms with Crippen molar-refractivity contribution >= 4 is 53.3 Å². The summed E-state index contributed by atoms with van der Waals surface area (Å²) in [5, 5.41) is 5.17. The van der Waals surface area contributed by atoms with Gasteiger partial charge in [0.15, 0.2) is 0 Å². The van der Waals surface area contributed by atoms with Crippen LogP contribution in [0.25, 0.3) is 92.2 Å². The lowest BCUT2D eigenvalue weighted by Gasteiger charge is -2.12. The van der Waals surface area contributed by atoms with Gasteiger partial charge in [0.25, 0.3) is 0 Å². The predicted octanol–water partition coefficient (Wildman–Crippen LogP) is 13.8. The first kappa shape index (κ1) is 28.8. The lowest BCUT2D eigenvalue weighted by Crippen LogP contribution is -1.94. The molecule has 2 heteroatoms. The quantitative estimate of drug-likeness (QED) is 0.174. The second-order valence-electron chi connectivity index (χ2n) is 12.9. The molecule has 2 heterocycles. The van der Waals surface area contributed by atoms with Gasteiger partial charge in [-0.25, -0.2) is 0 Å². The summed E-state index contributed by atoms with van der Waals surface area (Å²) in [4.78, 5) is 0. The summed E-state index contributed by atoms with van der Waals surface area (Å²) < 4.78 is 5.11. The van der Waals surface area contributed by atoms with Crippen molar-refractivity contribution in [3.8, 4) is 50.2 Å². The van der Waals surface area contributed by atoms with E-state index in [2.05, 4.69) is 193 Å². The first-order valence-corrected chi connectivity index (χ1v) is 17.9. The SMILES string of the molecule is c1ccc(-c2ccc3c(c2)c2cc(-c4ccccc4)ccc2n3-c2cccc(-c3ccc(-c4cccc5c4sc4ccccc45)cc3)c2)cc1. The Morgan fingerprint density at radius 3 is 1.50 bits per heavy atom. The first-order chi connectivity index (χ1) is 24.8. The van der Waals surface area contributed by atoms with Gasteiger partial charge in [0.1, 0.15) is 0 Å². The molecule has 0 bridgehead atoms. The number of hydrogen-bond donors (Lipinski definition) is 0. The highest BCUT2D eigenvalue weighted by Crippen LogP contribution is 2.41. The maximum atomic E-state index is 2.42. The maximum absolute atomic E-state index is 2.42. The van der Waals surface area contributed by atoms with Gasteiger partial charge in [0.2, 0.25) is 0 Å². The van der Waals surface area contributed by atoms with Crippen molar-refractivity contribution in [1.29, 1.82) is 0 Å². The van der Waals surface area contributed by atoms with E-state index in [1.807, 2.05) is 11.3 Å². The molecule has 2 aromatic heterocycles. The van der Waals surface area contributed by atoms with Gasteiger partial charge in [0, 0.05) is 36.6 Å². The first-order valence-electron chi connectivity index (χ1n) is 17.1. The second kappa shape index (κ2) is 11.7. The normalized spacial score (nSPS) is 11.6. The van der Waals surface area contributed by atoms with Crippen LogP contribution in [0.2, 0.25) is 0 Å². The number of fused-ring (bicyclic) bond motifs is 6. The molecule has 0 aliphatic heterocycles. The minimum atomic E-state index is 1.15. The highest BCUT2D eigenvalue weighted by Gasteiger charge is 2.16. The van der Waals surface area contributed by atoms with Gasteiger partial charge in [0.05, 0.1) is 11.0 Å². The Bertz CT molecular complexity index is 2740. The smallest absolute Gasteiger partial charge is 0.0541 e. The van der Waals surface area contributed by atoms with E-state index in [-0.39, 0.29) is 0 Å². The molecule has 0 aliphatic carbocycles. The Morgan fingerprint density at radius 1 is 0.320 bits per heavy atom. The van der Waals surface area contributed by atoms with Crippen molar-refractivity contribution in [1.82, 2.24) is 4.57 Å². The lowest BCUT2D eigenvalue weighted by molar-refractivity contribution is 1.18. The molecule has 0 amide bonds. The molecule has 0 saturated heterocycles. The zero-order valence-corrected chi connectivity index (χ0v) is 28.1. The molecule has 8 aromatic carbocycles. The summed E-state index contributed by atoms with van der Waals surface area (Å²) >= 11 is 1.88. The third-order valence-electron chi connectivity index (χ3n) is 10.0. The van der Waals surface area contributed by atoms with Crippen molar-refractivity contribution < 1.29 is 0 Å². The van der Waals surface area contributed by atoms with Gasteiger partial charge in [-0.3, -0.25) is 0 Å². The van der Waals surface area contributed by atoms with Crippen LogP contribution in [0.15, 0.2) is 188 Å². The van der Waals surface area contributed by atoms with E-state index in [9.17, 15) is 0 Å². The van der Waals surface area contributed by atoms with Crippen LogP contribution in [0, 0.1) is 0 Å². The van der Waals surface area contributed by atoms with Crippen LogP contribution >= 0.6 is 11.3 Å². The number of thiophene rings is 1. The molecule has 234 valence electrons. The highest BCUT2D eigenvalue weighted by atomic mass is 32.1. The zero-order valence-electron chi connectivity index (χ0n) is 27.3. The Balaban J connectivity index is 1.09. The number of rotatable bonds is 5. The van der Waals surface area contributed by atoms with Crippen LogP contribution in [-0.2, 0) is 0 Å². The van der Waals surface area contributed by atoms with Crippen molar-refractivity contribution in [2.24, 2.45) is 0 Å². The predicted molar refractivity (Wildman–Crippen MR) is 215 cm³/mol. The van der Waals surface area contributed by atoms with Crippen molar-refractivity contribution in [2.45, 2.75) is 0 Å². The summed E-state index contributed by atoms with van der Waals surface area (Å²) in [6.07, 6.45) is 0. The molecule has 0 unspecified atom stereocenters. The molecular weight excluding hydrogens is 623 g/mol. The van der Waals surface area contributed by atoms with Gasteiger partial charge in [-0.1, -0.05) is 146 Å². The van der Waals surface area contributed by atoms with Crippen LogP contribution in [0.4, 0.5) is 0 Å². The van der Waals surface area contributed by atoms with Crippen molar-refractivity contribution in [3.05, 3.63) is 188 Å². The number of nitrogens with zero attached hydrogens (tertiary/aromatic N) is 1. The number of aromatic nitrogens is 1. The van der Waals surface area contributed by atoms with E-state index in [4.69, 9.17) is 0 Å². The minimum absolute atomic E-state index is 1.15. The molecular formula is C48H31NS. The molecule has 0 atom stereocenters. The third-order valence-corrected chi connectivity index (χ3v) is 11.2. The molecule has 50 heavy (non-hydrogen) atoms. The van der Waals surface area contributed by atoms with E-state index < -0.39 is 0 Å². The van der Waals surface area contributed by atoms with Crippen LogP contribution in [0.3, 0.4) is 0 Å². The summed E-state index contributed by atoms with van der Waals surface area (Å²) in [5.74, 6) is 0. The van der Waals surface area contributed by atoms with Gasteiger partial charge >= 0.3 is 0 Å². The fourth-order valence-corrected chi connectivity index (χ4v) is 8.80. The average Bonchev–Trinajstić information content (AvgIpc) is 3.74. The Kier molecular flexibility index (Phi) is 6.75. The van der Waals surface area contributed by atoms with Gasteiger partial charge < -0.3 is 4.57 Å². The van der Waals surface area contributed by atoms with Crippen LogP contribution in [-0.4, -0.2) is 4.57 Å². The summed E-state index contributed by atoms with van der Waals surface area (Å²) in [6.45, 7) is 0. The standard InChI is InChI=1S/C48H31NS/c1-3-11-32(12-4-1)37-25-27-45-43(30-37)44-31-38(33-13-5-2-6-14-33)26-28-46(44)49(45)39-16-9-15-36(29-39)34-21-23-35(24-22-34)40-18-10-19-42-41-17-7-8-20-47(41)50-48(40)42/h1-31H. The number of benzene rings is 8. The van der Waals surface area contributed by atoms with Crippen molar-refractivity contribution in [2.75, 3.05) is 0 Å². The maximum Gasteiger partial charge on any atom is 0.0541 e. The minimum Gasteiger partial charge on any atom is -0.309 e. The fraction of sp³-hybridized carbons (Fsp3) is 0. The molecule has 10 rings (SSSR count). The third kappa shape index (κ3) is 4.76. The monoisotopic (exact) mass is 653 g/mol. The van der Waals surface area contributed by atoms with E-state index >= 15 is 0 Å². The van der Waals surface area contributed by atoms with Crippen LogP contribution in [0.5, 0.6) is 0 Å². The lowest BCUT2D eigenvalue weighted by atomic mass is 9.99. The van der Waals surface area contributed by atoms with Crippen LogP contribution in [0.1, 0.15) is 0 Å². The second-order valence-corrected chi connectivity index (χ2v) is 14.0. The Hall–Kier alpha value is -6.22. The largest absolute Gasteiger partial charge is 0.309 e. The molecule has 10 aromatic rings. The zero-order chi connectivity index (χ0) is 33.0. The molecule has 1 nitrogen and oxygen atoms in total. The summed E-state index contributed by atoms with van der Waals surface area (Å²) in [5.41, 5.74) is 13.4. The van der Waals surface area contributed by atoms with E-state index in [1.165, 1.54) is 86.5 Å². The molecule has 0 saturated carbocycles. The fourth-order valence-electron chi connectivity index (χ4n) is 7.56.